The molecule has 10 heavy (non-hydrogen) atoms. The minimum atomic E-state index is -0.329. The molecule has 1 aliphatic heterocycles. The number of imide groups is 1. The molecule has 0 aromatic heterocycles. The van der Waals surface area contributed by atoms with E-state index >= 15 is 0 Å². The van der Waals surface area contributed by atoms with Gasteiger partial charge in [0.1, 0.15) is 0 Å². The van der Waals surface area contributed by atoms with Crippen LogP contribution < -0.4 is 5.32 Å². The van der Waals surface area contributed by atoms with Gasteiger partial charge in [0.15, 0.2) is 0 Å². The highest BCUT2D eigenvalue weighted by molar-refractivity contribution is 6.12. The van der Waals surface area contributed by atoms with Crippen LogP contribution in [0.5, 0.6) is 0 Å². The third kappa shape index (κ3) is 3.21. The Morgan fingerprint density at radius 3 is 1.80 bits per heavy atom. The first kappa shape index (κ1) is 8.17. The lowest BCUT2D eigenvalue weighted by Crippen LogP contribution is -2.19. The van der Waals surface area contributed by atoms with Gasteiger partial charge in [-0.1, -0.05) is 0 Å². The summed E-state index contributed by atoms with van der Waals surface area (Å²) >= 11 is 0. The van der Waals surface area contributed by atoms with Gasteiger partial charge in [0.05, 0.1) is 0 Å². The lowest BCUT2D eigenvalue weighted by Gasteiger charge is -1.80. The standard InChI is InChI=1S/C4H3NO2.CHNO/c6-3-1-2-4(7)5-3;2-1-3/h1-2H,(H,5,6,7);3H. The van der Waals surface area contributed by atoms with E-state index < -0.39 is 0 Å². The monoisotopic (exact) mass is 140 g/mol. The van der Waals surface area contributed by atoms with Gasteiger partial charge in [-0.3, -0.25) is 14.9 Å². The van der Waals surface area contributed by atoms with Crippen LogP contribution in [0.4, 0.5) is 0 Å². The third-order valence-corrected chi connectivity index (χ3v) is 0.632. The van der Waals surface area contributed by atoms with Crippen molar-refractivity contribution in [2.24, 2.45) is 0 Å². The normalized spacial score (nSPS) is 13.1. The molecule has 0 saturated heterocycles. The third-order valence-electron chi connectivity index (χ3n) is 0.632. The Morgan fingerprint density at radius 1 is 1.40 bits per heavy atom. The Labute approximate surface area is 56.6 Å². The van der Waals surface area contributed by atoms with Crippen LogP contribution in [0.25, 0.3) is 0 Å². The van der Waals surface area contributed by atoms with E-state index in [-0.39, 0.29) is 11.8 Å². The number of aliphatic hydroxyl groups is 1. The fourth-order valence-corrected chi connectivity index (χ4v) is 0.356. The van der Waals surface area contributed by atoms with Gasteiger partial charge in [-0.2, -0.15) is 5.26 Å². The van der Waals surface area contributed by atoms with E-state index in [9.17, 15) is 9.59 Å². The quantitative estimate of drug-likeness (QED) is 0.335. The van der Waals surface area contributed by atoms with E-state index in [4.69, 9.17) is 10.4 Å². The second-order valence-electron chi connectivity index (χ2n) is 1.29. The van der Waals surface area contributed by atoms with E-state index in [1.54, 1.807) is 0 Å². The molecular weight excluding hydrogens is 136 g/mol. The smallest absolute Gasteiger partial charge is 0.283 e. The van der Waals surface area contributed by atoms with Crippen LogP contribution >= 0.6 is 0 Å². The number of nitriles is 1. The molecule has 0 radical (unpaired) electrons. The van der Waals surface area contributed by atoms with Crippen LogP contribution in [-0.4, -0.2) is 16.9 Å². The first-order valence-electron chi connectivity index (χ1n) is 2.27. The molecule has 2 N–H and O–H groups in total. The molecule has 0 fully saturated rings. The molecule has 1 aliphatic rings. The molecule has 2 amide bonds. The number of amides is 2. The Balaban J connectivity index is 0.000000236. The summed E-state index contributed by atoms with van der Waals surface area (Å²) in [4.78, 5) is 20.1. The summed E-state index contributed by atoms with van der Waals surface area (Å²) < 4.78 is 0. The second-order valence-corrected chi connectivity index (χ2v) is 1.29. The molecule has 1 heterocycles. The highest BCUT2D eigenvalue weighted by Gasteiger charge is 2.06. The Kier molecular flexibility index (Phi) is 3.34. The van der Waals surface area contributed by atoms with Gasteiger partial charge in [0.25, 0.3) is 18.1 Å². The highest BCUT2D eigenvalue weighted by Crippen LogP contribution is 1.82. The number of rotatable bonds is 0. The summed E-state index contributed by atoms with van der Waals surface area (Å²) in [5.41, 5.74) is 0. The maximum atomic E-state index is 10.0. The summed E-state index contributed by atoms with van der Waals surface area (Å²) in [5.74, 6) is -0.657. The molecule has 52 valence electrons. The first-order valence-corrected chi connectivity index (χ1v) is 2.27. The lowest BCUT2D eigenvalue weighted by molar-refractivity contribution is -0.123. The number of hydrogen-bond acceptors (Lipinski definition) is 4. The molecule has 0 spiro atoms. The zero-order valence-electron chi connectivity index (χ0n) is 4.87. The van der Waals surface area contributed by atoms with Crippen molar-refractivity contribution >= 4 is 11.8 Å². The summed E-state index contributed by atoms with van der Waals surface area (Å²) in [7, 11) is 0. The zero-order valence-corrected chi connectivity index (χ0v) is 4.87. The molecule has 0 saturated carbocycles. The summed E-state index contributed by atoms with van der Waals surface area (Å²) in [5, 5.41) is 15.8. The number of nitrogens with one attached hydrogen (secondary N) is 1. The van der Waals surface area contributed by atoms with Crippen LogP contribution in [0, 0.1) is 11.5 Å². The second kappa shape index (κ2) is 4.09. The average Bonchev–Trinajstić information content (AvgIpc) is 2.17. The van der Waals surface area contributed by atoms with Gasteiger partial charge in [-0.05, 0) is 0 Å². The van der Waals surface area contributed by atoms with Gasteiger partial charge in [-0.25, -0.2) is 0 Å². The van der Waals surface area contributed by atoms with Gasteiger partial charge < -0.3 is 5.11 Å². The van der Waals surface area contributed by atoms with Crippen LogP contribution in [0.15, 0.2) is 12.2 Å². The van der Waals surface area contributed by atoms with Gasteiger partial charge >= 0.3 is 0 Å². The fraction of sp³-hybridized carbons (Fsp3) is 0. The number of aliphatic hydroxyl groups excluding tert-OH is 1. The van der Waals surface area contributed by atoms with E-state index in [0.717, 1.165) is 6.26 Å². The van der Waals surface area contributed by atoms with Crippen molar-refractivity contribution in [2.45, 2.75) is 0 Å². The van der Waals surface area contributed by atoms with Crippen molar-refractivity contribution in [3.05, 3.63) is 12.2 Å². The summed E-state index contributed by atoms with van der Waals surface area (Å²) in [6.07, 6.45) is 3.14. The molecule has 1 rings (SSSR count). The zero-order chi connectivity index (χ0) is 7.98. The molecule has 0 unspecified atom stereocenters. The Morgan fingerprint density at radius 2 is 1.70 bits per heavy atom. The molecule has 5 heteroatoms. The summed E-state index contributed by atoms with van der Waals surface area (Å²) in [6.45, 7) is 0. The van der Waals surface area contributed by atoms with Crippen LogP contribution in [0.1, 0.15) is 0 Å². The Hall–Kier alpha value is -1.83. The topological polar surface area (TPSA) is 90.2 Å². The van der Waals surface area contributed by atoms with Gasteiger partial charge in [0, 0.05) is 12.2 Å². The minimum absolute atomic E-state index is 0.329. The number of carbonyl (C=O) groups is 2. The van der Waals surface area contributed by atoms with E-state index in [1.807, 2.05) is 5.32 Å². The number of carbonyl (C=O) groups excluding carboxylic acids is 2. The van der Waals surface area contributed by atoms with E-state index in [2.05, 4.69) is 0 Å². The highest BCUT2D eigenvalue weighted by atomic mass is 16.2. The molecule has 0 atom stereocenters. The number of hydrogen-bond donors (Lipinski definition) is 2. The Bertz CT molecular complexity index is 197. The average molecular weight is 140 g/mol. The van der Waals surface area contributed by atoms with Crippen LogP contribution in [0.3, 0.4) is 0 Å². The van der Waals surface area contributed by atoms with Gasteiger partial charge in [-0.15, -0.1) is 0 Å². The largest absolute Gasteiger partial charge is 0.443 e. The van der Waals surface area contributed by atoms with E-state index in [1.165, 1.54) is 12.2 Å². The van der Waals surface area contributed by atoms with Gasteiger partial charge in [0.2, 0.25) is 0 Å². The van der Waals surface area contributed by atoms with Crippen molar-refractivity contribution in [1.29, 1.82) is 5.26 Å². The predicted octanol–water partition coefficient (Wildman–Crippen LogP) is -0.961. The lowest BCUT2D eigenvalue weighted by atomic mass is 10.6. The summed E-state index contributed by atoms with van der Waals surface area (Å²) in [6, 6.07) is 0. The SMILES string of the molecule is N#CO.O=C1C=CC(=O)N1. The first-order chi connectivity index (χ1) is 4.70. The predicted molar refractivity (Wildman–Crippen MR) is 29.8 cm³/mol. The van der Waals surface area contributed by atoms with Crippen molar-refractivity contribution in [1.82, 2.24) is 5.32 Å². The maximum absolute atomic E-state index is 10.0. The van der Waals surface area contributed by atoms with E-state index in [0.29, 0.717) is 0 Å². The molecular formula is C5H4N2O3. The van der Waals surface area contributed by atoms with Crippen LogP contribution in [0.2, 0.25) is 0 Å². The molecule has 0 aromatic rings. The molecule has 0 bridgehead atoms. The van der Waals surface area contributed by atoms with Crippen molar-refractivity contribution < 1.29 is 14.7 Å². The van der Waals surface area contributed by atoms with Crippen LogP contribution in [-0.2, 0) is 9.59 Å². The molecule has 5 nitrogen and oxygen atoms in total. The minimum Gasteiger partial charge on any atom is -0.443 e. The molecule has 0 aromatic carbocycles. The maximum Gasteiger partial charge on any atom is 0.283 e. The van der Waals surface area contributed by atoms with Crippen molar-refractivity contribution in [2.75, 3.05) is 0 Å². The van der Waals surface area contributed by atoms with Crippen molar-refractivity contribution in [3.8, 4) is 6.26 Å². The molecule has 0 aliphatic carbocycles. The number of nitrogens with zero attached hydrogens (tertiary/aromatic N) is 1. The fourth-order valence-electron chi connectivity index (χ4n) is 0.356. The van der Waals surface area contributed by atoms with Crippen molar-refractivity contribution in [3.63, 3.8) is 0 Å².